The number of hydrogen-bond acceptors (Lipinski definition) is 2. The van der Waals surface area contributed by atoms with Gasteiger partial charge in [-0.3, -0.25) is 0 Å². The smallest absolute Gasteiger partial charge is 0.153 e. The Morgan fingerprint density at radius 1 is 1.09 bits per heavy atom. The first kappa shape index (κ1) is 16.1. The maximum Gasteiger partial charge on any atom is 0.153 e. The van der Waals surface area contributed by atoms with Gasteiger partial charge in [0.25, 0.3) is 0 Å². The third-order valence-electron chi connectivity index (χ3n) is 3.65. The molecule has 1 atom stereocenters. The Morgan fingerprint density at radius 3 is 2.14 bits per heavy atom. The van der Waals surface area contributed by atoms with Crippen molar-refractivity contribution < 1.29 is 4.57 Å². The van der Waals surface area contributed by atoms with Crippen molar-refractivity contribution in [3.8, 4) is 6.07 Å². The van der Waals surface area contributed by atoms with Crippen molar-refractivity contribution in [2.45, 2.75) is 19.5 Å². The summed E-state index contributed by atoms with van der Waals surface area (Å²) in [7, 11) is -2.84. The minimum atomic E-state index is -2.84. The van der Waals surface area contributed by atoms with Crippen LogP contribution in [0.1, 0.15) is 25.0 Å². The van der Waals surface area contributed by atoms with Gasteiger partial charge in [-0.1, -0.05) is 62.9 Å². The topological polar surface area (TPSA) is 40.9 Å². The van der Waals surface area contributed by atoms with E-state index in [-0.39, 0.29) is 5.66 Å². The van der Waals surface area contributed by atoms with E-state index >= 15 is 0 Å². The number of nitriles is 1. The van der Waals surface area contributed by atoms with Gasteiger partial charge in [-0.2, -0.15) is 5.26 Å². The molecule has 0 unspecified atom stereocenters. The molecule has 0 radical (unpaired) electrons. The molecule has 110 valence electrons. The highest BCUT2D eigenvalue weighted by Gasteiger charge is 2.33. The summed E-state index contributed by atoms with van der Waals surface area (Å²) in [5, 5.41) is 10.3. The van der Waals surface area contributed by atoms with Crippen LogP contribution in [0.5, 0.6) is 0 Å². The lowest BCUT2D eigenvalue weighted by Crippen LogP contribution is -2.13. The molecule has 0 heterocycles. The van der Waals surface area contributed by atoms with E-state index in [1.807, 2.05) is 56.3 Å². The lowest BCUT2D eigenvalue weighted by molar-refractivity contribution is 0.582. The largest absolute Gasteiger partial charge is 0.313 e. The summed E-state index contributed by atoms with van der Waals surface area (Å²) >= 11 is 0. The van der Waals surface area contributed by atoms with Crippen molar-refractivity contribution in [3.63, 3.8) is 0 Å². The van der Waals surface area contributed by atoms with E-state index in [1.165, 1.54) is 0 Å². The highest BCUT2D eigenvalue weighted by Crippen LogP contribution is 2.60. The van der Waals surface area contributed by atoms with Crippen LogP contribution in [-0.4, -0.2) is 5.66 Å². The summed E-state index contributed by atoms with van der Waals surface area (Å²) in [6.45, 7) is 7.66. The van der Waals surface area contributed by atoms with Gasteiger partial charge in [0.05, 0.1) is 16.9 Å². The first-order valence-electron chi connectivity index (χ1n) is 7.10. The molecule has 2 aromatic rings. The van der Waals surface area contributed by atoms with E-state index in [9.17, 15) is 4.57 Å². The molecule has 0 saturated heterocycles. The number of nitrogens with zero attached hydrogens (tertiary/aromatic N) is 1. The van der Waals surface area contributed by atoms with E-state index in [0.717, 1.165) is 10.9 Å². The quantitative estimate of drug-likeness (QED) is 0.602. The fraction of sp³-hybridized carbons (Fsp3) is 0.158. The Bertz CT molecular complexity index is 792. The average molecular weight is 307 g/mol. The lowest BCUT2D eigenvalue weighted by atomic mass is 10.1. The van der Waals surface area contributed by atoms with Crippen LogP contribution in [0, 0.1) is 11.3 Å². The molecule has 2 aromatic carbocycles. The lowest BCUT2D eigenvalue weighted by Gasteiger charge is -2.24. The SMILES string of the molecule is C=C=C(c1ccc(C#N)cc1)[P@@](=O)(c1ccccc1)C(C)C. The van der Waals surface area contributed by atoms with Gasteiger partial charge >= 0.3 is 0 Å². The Labute approximate surface area is 131 Å². The molecule has 0 aromatic heterocycles. The Kier molecular flexibility index (Phi) is 4.84. The van der Waals surface area contributed by atoms with Gasteiger partial charge in [-0.25, -0.2) is 0 Å². The molecule has 0 aliphatic carbocycles. The molecular formula is C19H18NOP. The maximum atomic E-state index is 13.8. The fourth-order valence-corrected chi connectivity index (χ4v) is 5.20. The normalized spacial score (nSPS) is 13.0. The molecular weight excluding hydrogens is 289 g/mol. The van der Waals surface area contributed by atoms with Crippen LogP contribution < -0.4 is 5.30 Å². The third kappa shape index (κ3) is 2.83. The van der Waals surface area contributed by atoms with Crippen LogP contribution in [0.3, 0.4) is 0 Å². The molecule has 2 rings (SSSR count). The first-order valence-corrected chi connectivity index (χ1v) is 8.88. The van der Waals surface area contributed by atoms with E-state index in [4.69, 9.17) is 5.26 Å². The Morgan fingerprint density at radius 2 is 1.68 bits per heavy atom. The molecule has 0 aliphatic heterocycles. The van der Waals surface area contributed by atoms with E-state index in [0.29, 0.717) is 10.9 Å². The van der Waals surface area contributed by atoms with Crippen molar-refractivity contribution in [2.24, 2.45) is 0 Å². The van der Waals surface area contributed by atoms with E-state index in [2.05, 4.69) is 18.4 Å². The zero-order chi connectivity index (χ0) is 16.2. The molecule has 0 amide bonds. The maximum absolute atomic E-state index is 13.8. The molecule has 22 heavy (non-hydrogen) atoms. The summed E-state index contributed by atoms with van der Waals surface area (Å²) in [4.78, 5) is 0. The van der Waals surface area contributed by atoms with Crippen molar-refractivity contribution in [3.05, 3.63) is 78.0 Å². The Hall–Kier alpha value is -2.32. The summed E-state index contributed by atoms with van der Waals surface area (Å²) in [5.74, 6) is 0. The highest BCUT2D eigenvalue weighted by atomic mass is 31.2. The van der Waals surface area contributed by atoms with Gasteiger partial charge in [-0.05, 0) is 17.7 Å². The molecule has 0 saturated carbocycles. The van der Waals surface area contributed by atoms with Crippen molar-refractivity contribution >= 4 is 17.8 Å². The summed E-state index contributed by atoms with van der Waals surface area (Å²) in [6, 6.07) is 18.6. The predicted molar refractivity (Wildman–Crippen MR) is 92.5 cm³/mol. The van der Waals surface area contributed by atoms with Crippen molar-refractivity contribution in [1.29, 1.82) is 5.26 Å². The number of rotatable bonds is 4. The zero-order valence-corrected chi connectivity index (χ0v) is 13.7. The van der Waals surface area contributed by atoms with E-state index in [1.54, 1.807) is 12.1 Å². The summed E-state index contributed by atoms with van der Waals surface area (Å²) < 4.78 is 13.8. The molecule has 3 heteroatoms. The fourth-order valence-electron chi connectivity index (χ4n) is 2.45. The van der Waals surface area contributed by atoms with Crippen LogP contribution in [0.4, 0.5) is 0 Å². The third-order valence-corrected chi connectivity index (χ3v) is 7.25. The second-order valence-electron chi connectivity index (χ2n) is 5.30. The van der Waals surface area contributed by atoms with Crippen LogP contribution in [0.25, 0.3) is 5.31 Å². The Balaban J connectivity index is 2.62. The van der Waals surface area contributed by atoms with Crippen molar-refractivity contribution in [1.82, 2.24) is 0 Å². The van der Waals surface area contributed by atoms with Crippen LogP contribution in [0.2, 0.25) is 0 Å². The predicted octanol–water partition coefficient (Wildman–Crippen LogP) is 4.78. The highest BCUT2D eigenvalue weighted by molar-refractivity contribution is 7.81. The van der Waals surface area contributed by atoms with Gasteiger partial charge in [0.2, 0.25) is 0 Å². The monoisotopic (exact) mass is 307 g/mol. The van der Waals surface area contributed by atoms with Gasteiger partial charge in [0.1, 0.15) is 0 Å². The molecule has 2 nitrogen and oxygen atoms in total. The second kappa shape index (κ2) is 6.63. The van der Waals surface area contributed by atoms with Crippen LogP contribution in [-0.2, 0) is 4.57 Å². The van der Waals surface area contributed by atoms with Gasteiger partial charge in [0, 0.05) is 11.0 Å². The van der Waals surface area contributed by atoms with Gasteiger partial charge in [0.15, 0.2) is 7.14 Å². The van der Waals surface area contributed by atoms with Crippen molar-refractivity contribution in [2.75, 3.05) is 0 Å². The van der Waals surface area contributed by atoms with Gasteiger partial charge < -0.3 is 4.57 Å². The summed E-state index contributed by atoms with van der Waals surface area (Å²) in [5.41, 5.74) is 4.21. The minimum absolute atomic E-state index is 0.0604. The van der Waals surface area contributed by atoms with E-state index < -0.39 is 7.14 Å². The average Bonchev–Trinajstić information content (AvgIpc) is 2.56. The van der Waals surface area contributed by atoms with Gasteiger partial charge in [-0.15, -0.1) is 5.73 Å². The van der Waals surface area contributed by atoms with Crippen LogP contribution >= 0.6 is 7.14 Å². The zero-order valence-electron chi connectivity index (χ0n) is 12.8. The first-order chi connectivity index (χ1) is 10.5. The second-order valence-corrected chi connectivity index (χ2v) is 8.61. The molecule has 0 fully saturated rings. The number of benzene rings is 2. The molecule has 0 bridgehead atoms. The molecule has 0 aliphatic rings. The molecule has 0 N–H and O–H groups in total. The van der Waals surface area contributed by atoms with Crippen LogP contribution in [0.15, 0.2) is 66.9 Å². The molecule has 0 spiro atoms. The minimum Gasteiger partial charge on any atom is -0.313 e. The summed E-state index contributed by atoms with van der Waals surface area (Å²) in [6.07, 6.45) is 0. The standard InChI is InChI=1S/C19H18NOP/c1-4-19(17-12-10-16(14-20)11-13-17)22(21,15(2)3)18-8-6-5-7-9-18/h5-13,15H,1H2,2-3H3/t22-/m0/s1. The number of hydrogen-bond donors (Lipinski definition) is 0.